The average Bonchev–Trinajstić information content (AvgIpc) is 3.15. The second-order valence-corrected chi connectivity index (χ2v) is 7.27. The Morgan fingerprint density at radius 3 is 2.64 bits per heavy atom. The maximum absolute atomic E-state index is 4.46. The average molecular weight is 453 g/mol. The molecule has 0 aliphatic carbocycles. The molecule has 0 radical (unpaired) electrons. The Morgan fingerprint density at radius 2 is 2.00 bits per heavy atom. The summed E-state index contributed by atoms with van der Waals surface area (Å²) in [6.07, 6.45) is 5.24. The van der Waals surface area contributed by atoms with Crippen molar-refractivity contribution in [2.24, 2.45) is 10.4 Å². The van der Waals surface area contributed by atoms with E-state index in [-0.39, 0.29) is 24.0 Å². The van der Waals surface area contributed by atoms with Gasteiger partial charge >= 0.3 is 0 Å². The van der Waals surface area contributed by atoms with E-state index in [9.17, 15) is 0 Å². The van der Waals surface area contributed by atoms with Crippen LogP contribution in [0.15, 0.2) is 47.7 Å². The van der Waals surface area contributed by atoms with Gasteiger partial charge in [-0.15, -0.1) is 24.0 Å². The normalized spacial score (nSPS) is 16.6. The highest BCUT2D eigenvalue weighted by atomic mass is 127. The molecule has 6 heteroatoms. The third kappa shape index (κ3) is 5.45. The van der Waals surface area contributed by atoms with Crippen molar-refractivity contribution in [1.82, 2.24) is 20.0 Å². The van der Waals surface area contributed by atoms with Crippen LogP contribution in [0.25, 0.3) is 0 Å². The summed E-state index contributed by atoms with van der Waals surface area (Å²) in [6, 6.07) is 10.4. The minimum absolute atomic E-state index is 0. The molecule has 1 aliphatic heterocycles. The summed E-state index contributed by atoms with van der Waals surface area (Å²) in [5, 5.41) is 7.92. The molecule has 1 fully saturated rings. The van der Waals surface area contributed by atoms with Crippen LogP contribution in [0.1, 0.15) is 31.4 Å². The highest BCUT2D eigenvalue weighted by Gasteiger charge is 2.30. The number of rotatable bonds is 4. The van der Waals surface area contributed by atoms with E-state index in [1.54, 1.807) is 0 Å². The molecule has 2 heterocycles. The maximum Gasteiger partial charge on any atom is 0.193 e. The van der Waals surface area contributed by atoms with Crippen LogP contribution in [0, 0.1) is 5.41 Å². The SMILES string of the molecule is CN=C(NCc1cnn(Cc2ccccc2)c1)N1CCC(C)(C)C1.I. The number of guanidine groups is 1. The highest BCUT2D eigenvalue weighted by Crippen LogP contribution is 2.28. The third-order valence-electron chi connectivity index (χ3n) is 4.51. The first-order valence-electron chi connectivity index (χ1n) is 8.57. The fraction of sp³-hybridized carbons (Fsp3) is 0.474. The lowest BCUT2D eigenvalue weighted by atomic mass is 9.93. The molecule has 0 amide bonds. The first kappa shape index (κ1) is 19.8. The Balaban J connectivity index is 0.00000225. The van der Waals surface area contributed by atoms with Gasteiger partial charge in [-0.05, 0) is 17.4 Å². The van der Waals surface area contributed by atoms with Gasteiger partial charge in [0.1, 0.15) is 0 Å². The first-order valence-corrected chi connectivity index (χ1v) is 8.57. The maximum atomic E-state index is 4.46. The van der Waals surface area contributed by atoms with Crippen molar-refractivity contribution in [2.45, 2.75) is 33.4 Å². The minimum Gasteiger partial charge on any atom is -0.352 e. The number of hydrogen-bond acceptors (Lipinski definition) is 2. The molecule has 5 nitrogen and oxygen atoms in total. The zero-order valence-electron chi connectivity index (χ0n) is 15.3. The molecule has 0 atom stereocenters. The lowest BCUT2D eigenvalue weighted by Crippen LogP contribution is -2.40. The topological polar surface area (TPSA) is 45.5 Å². The van der Waals surface area contributed by atoms with Gasteiger partial charge in [-0.1, -0.05) is 44.2 Å². The molecule has 3 rings (SSSR count). The zero-order chi connectivity index (χ0) is 17.0. The molecular weight excluding hydrogens is 425 g/mol. The molecule has 0 saturated carbocycles. The summed E-state index contributed by atoms with van der Waals surface area (Å²) in [5.41, 5.74) is 2.80. The Bertz CT molecular complexity index is 693. The summed E-state index contributed by atoms with van der Waals surface area (Å²) in [4.78, 5) is 6.77. The van der Waals surface area contributed by atoms with Gasteiger partial charge < -0.3 is 10.2 Å². The Kier molecular flexibility index (Phi) is 6.87. The number of nitrogens with one attached hydrogen (secondary N) is 1. The van der Waals surface area contributed by atoms with Crippen LogP contribution in [-0.4, -0.2) is 40.8 Å². The number of hydrogen-bond donors (Lipinski definition) is 1. The van der Waals surface area contributed by atoms with Crippen LogP contribution in [0.5, 0.6) is 0 Å². The van der Waals surface area contributed by atoms with E-state index in [0.717, 1.165) is 32.1 Å². The Hall–Kier alpha value is -1.57. The number of aromatic nitrogens is 2. The van der Waals surface area contributed by atoms with Crippen LogP contribution < -0.4 is 5.32 Å². The van der Waals surface area contributed by atoms with Crippen molar-refractivity contribution < 1.29 is 0 Å². The fourth-order valence-electron chi connectivity index (χ4n) is 3.16. The van der Waals surface area contributed by atoms with Crippen molar-refractivity contribution >= 4 is 29.9 Å². The number of likely N-dealkylation sites (tertiary alicyclic amines) is 1. The summed E-state index contributed by atoms with van der Waals surface area (Å²) in [5.74, 6) is 0.983. The summed E-state index contributed by atoms with van der Waals surface area (Å²) in [6.45, 7) is 8.30. The molecule has 1 aromatic heterocycles. The predicted octanol–water partition coefficient (Wildman–Crippen LogP) is 3.36. The molecule has 1 N–H and O–H groups in total. The van der Waals surface area contributed by atoms with Gasteiger partial charge in [0.05, 0.1) is 12.7 Å². The summed E-state index contributed by atoms with van der Waals surface area (Å²) >= 11 is 0. The molecule has 2 aromatic rings. The van der Waals surface area contributed by atoms with Crippen molar-refractivity contribution in [3.05, 3.63) is 53.9 Å². The van der Waals surface area contributed by atoms with Gasteiger partial charge in [-0.2, -0.15) is 5.10 Å². The van der Waals surface area contributed by atoms with Gasteiger partial charge in [0.25, 0.3) is 0 Å². The van der Waals surface area contributed by atoms with Crippen molar-refractivity contribution in [3.8, 4) is 0 Å². The lowest BCUT2D eigenvalue weighted by molar-refractivity contribution is 0.370. The van der Waals surface area contributed by atoms with Crippen LogP contribution >= 0.6 is 24.0 Å². The number of halogens is 1. The summed E-state index contributed by atoms with van der Waals surface area (Å²) < 4.78 is 1.98. The lowest BCUT2D eigenvalue weighted by Gasteiger charge is -2.23. The number of nitrogens with zero attached hydrogens (tertiary/aromatic N) is 4. The van der Waals surface area contributed by atoms with E-state index in [0.29, 0.717) is 5.41 Å². The highest BCUT2D eigenvalue weighted by molar-refractivity contribution is 14.0. The molecule has 25 heavy (non-hydrogen) atoms. The Morgan fingerprint density at radius 1 is 1.24 bits per heavy atom. The molecule has 0 bridgehead atoms. The molecular formula is C19H28IN5. The molecule has 136 valence electrons. The van der Waals surface area contributed by atoms with Crippen molar-refractivity contribution in [1.29, 1.82) is 0 Å². The van der Waals surface area contributed by atoms with E-state index in [4.69, 9.17) is 0 Å². The molecule has 1 aliphatic rings. The van der Waals surface area contributed by atoms with Gasteiger partial charge in [0.15, 0.2) is 5.96 Å². The van der Waals surface area contributed by atoms with Crippen LogP contribution in [-0.2, 0) is 13.1 Å². The largest absolute Gasteiger partial charge is 0.352 e. The smallest absolute Gasteiger partial charge is 0.193 e. The monoisotopic (exact) mass is 453 g/mol. The van der Waals surface area contributed by atoms with E-state index < -0.39 is 0 Å². The van der Waals surface area contributed by atoms with Gasteiger partial charge in [-0.25, -0.2) is 0 Å². The second-order valence-electron chi connectivity index (χ2n) is 7.27. The molecule has 0 spiro atoms. The Labute approximate surface area is 167 Å². The van der Waals surface area contributed by atoms with Crippen LogP contribution in [0.2, 0.25) is 0 Å². The van der Waals surface area contributed by atoms with Gasteiger partial charge in [0.2, 0.25) is 0 Å². The first-order chi connectivity index (χ1) is 11.6. The second kappa shape index (κ2) is 8.69. The van der Waals surface area contributed by atoms with Gasteiger partial charge in [-0.3, -0.25) is 9.67 Å². The molecule has 0 unspecified atom stereocenters. The van der Waals surface area contributed by atoms with E-state index in [1.165, 1.54) is 17.5 Å². The van der Waals surface area contributed by atoms with E-state index >= 15 is 0 Å². The standard InChI is InChI=1S/C19H27N5.HI/c1-19(2)9-10-23(15-19)18(20-3)21-11-17-12-22-24(14-17)13-16-7-5-4-6-8-16;/h4-8,12,14H,9-11,13,15H2,1-3H3,(H,20,21);1H. The van der Waals surface area contributed by atoms with Gasteiger partial charge in [0, 0.05) is 38.4 Å². The van der Waals surface area contributed by atoms with Crippen LogP contribution in [0.3, 0.4) is 0 Å². The van der Waals surface area contributed by atoms with Crippen molar-refractivity contribution in [3.63, 3.8) is 0 Å². The summed E-state index contributed by atoms with van der Waals surface area (Å²) in [7, 11) is 1.85. The third-order valence-corrected chi connectivity index (χ3v) is 4.51. The minimum atomic E-state index is 0. The zero-order valence-corrected chi connectivity index (χ0v) is 17.6. The predicted molar refractivity (Wildman–Crippen MR) is 113 cm³/mol. The van der Waals surface area contributed by atoms with Crippen molar-refractivity contribution in [2.75, 3.05) is 20.1 Å². The van der Waals surface area contributed by atoms with Crippen LogP contribution in [0.4, 0.5) is 0 Å². The van der Waals surface area contributed by atoms with E-state index in [2.05, 4.69) is 64.6 Å². The van der Waals surface area contributed by atoms with E-state index in [1.807, 2.05) is 24.0 Å². The molecule has 1 aromatic carbocycles. The number of benzene rings is 1. The molecule has 1 saturated heterocycles. The fourth-order valence-corrected chi connectivity index (χ4v) is 3.16. The number of aliphatic imine (C=N–C) groups is 1. The quantitative estimate of drug-likeness (QED) is 0.439.